The molecule has 0 aliphatic carbocycles. The number of nitrogens with one attached hydrogen (secondary N) is 2. The largest absolute Gasteiger partial charge is 0.439 e. The fourth-order valence-electron chi connectivity index (χ4n) is 2.95. The Morgan fingerprint density at radius 2 is 1.90 bits per heavy atom. The average molecular weight is 410 g/mol. The molecule has 158 valence electrons. The van der Waals surface area contributed by atoms with Gasteiger partial charge in [-0.1, -0.05) is 6.07 Å². The number of hydrogen-bond acceptors (Lipinski definition) is 4. The third kappa shape index (κ3) is 5.56. The molecule has 30 heavy (non-hydrogen) atoms. The number of hydrogen-bond donors (Lipinski definition) is 2. The minimum absolute atomic E-state index is 0.303. The molecule has 0 unspecified atom stereocenters. The van der Waals surface area contributed by atoms with E-state index in [9.17, 15) is 4.39 Å². The van der Waals surface area contributed by atoms with Crippen molar-refractivity contribution in [3.63, 3.8) is 0 Å². The predicted octanol–water partition coefficient (Wildman–Crippen LogP) is 3.62. The Morgan fingerprint density at radius 3 is 2.50 bits per heavy atom. The lowest BCUT2D eigenvalue weighted by Gasteiger charge is -2.12. The van der Waals surface area contributed by atoms with E-state index in [-0.39, 0.29) is 5.82 Å². The van der Waals surface area contributed by atoms with Gasteiger partial charge in [0.25, 0.3) is 0 Å². The van der Waals surface area contributed by atoms with Gasteiger partial charge in [0.15, 0.2) is 5.96 Å². The summed E-state index contributed by atoms with van der Waals surface area (Å²) < 4.78 is 20.5. The van der Waals surface area contributed by atoms with Crippen molar-refractivity contribution in [2.24, 2.45) is 12.0 Å². The Balaban J connectivity index is 1.60. The van der Waals surface area contributed by atoms with Crippen LogP contribution in [0.1, 0.15) is 29.4 Å². The van der Waals surface area contributed by atoms with E-state index in [0.29, 0.717) is 24.7 Å². The highest BCUT2D eigenvalue weighted by Crippen LogP contribution is 2.19. The van der Waals surface area contributed by atoms with Crippen molar-refractivity contribution in [1.29, 1.82) is 0 Å². The van der Waals surface area contributed by atoms with Crippen LogP contribution in [0.5, 0.6) is 11.6 Å². The summed E-state index contributed by atoms with van der Waals surface area (Å²) >= 11 is 0. The van der Waals surface area contributed by atoms with Crippen molar-refractivity contribution in [3.8, 4) is 11.6 Å². The van der Waals surface area contributed by atoms with Crippen molar-refractivity contribution >= 4 is 5.96 Å². The van der Waals surface area contributed by atoms with Gasteiger partial charge in [-0.2, -0.15) is 5.10 Å². The standard InChI is InChI=1S/C22H27FN6O/c1-5-24-22(27-14-20-15(2)28-29(4)16(20)3)26-13-17-6-11-21(25-12-17)30-19-9-7-18(23)8-10-19/h6-12H,5,13-14H2,1-4H3,(H2,24,26,27). The zero-order valence-corrected chi connectivity index (χ0v) is 17.7. The highest BCUT2D eigenvalue weighted by atomic mass is 19.1. The first-order chi connectivity index (χ1) is 14.5. The van der Waals surface area contributed by atoms with Crippen LogP contribution in [0.2, 0.25) is 0 Å². The molecule has 0 radical (unpaired) electrons. The van der Waals surface area contributed by atoms with Crippen molar-refractivity contribution < 1.29 is 9.13 Å². The first kappa shape index (κ1) is 21.3. The third-order valence-electron chi connectivity index (χ3n) is 4.69. The minimum Gasteiger partial charge on any atom is -0.439 e. The van der Waals surface area contributed by atoms with Gasteiger partial charge in [-0.25, -0.2) is 14.4 Å². The first-order valence-corrected chi connectivity index (χ1v) is 9.86. The first-order valence-electron chi connectivity index (χ1n) is 9.86. The molecular formula is C22H27FN6O. The van der Waals surface area contributed by atoms with E-state index in [4.69, 9.17) is 4.74 Å². The number of aliphatic imine (C=N–C) groups is 1. The van der Waals surface area contributed by atoms with Crippen molar-refractivity contribution in [1.82, 2.24) is 25.4 Å². The second kappa shape index (κ2) is 9.87. The number of aryl methyl sites for hydroxylation is 2. The van der Waals surface area contributed by atoms with Gasteiger partial charge in [-0.15, -0.1) is 0 Å². The van der Waals surface area contributed by atoms with E-state index in [2.05, 4.69) is 32.6 Å². The molecule has 0 saturated heterocycles. The van der Waals surface area contributed by atoms with E-state index in [1.165, 1.54) is 17.7 Å². The fourth-order valence-corrected chi connectivity index (χ4v) is 2.95. The zero-order chi connectivity index (χ0) is 21.5. The second-order valence-electron chi connectivity index (χ2n) is 6.88. The van der Waals surface area contributed by atoms with E-state index in [0.717, 1.165) is 29.5 Å². The SMILES string of the molecule is CCNC(=NCc1ccc(Oc2ccc(F)cc2)nc1)NCc1c(C)nn(C)c1C. The topological polar surface area (TPSA) is 76.4 Å². The third-order valence-corrected chi connectivity index (χ3v) is 4.69. The predicted molar refractivity (Wildman–Crippen MR) is 115 cm³/mol. The number of halogens is 1. The quantitative estimate of drug-likeness (QED) is 0.460. The zero-order valence-electron chi connectivity index (χ0n) is 17.7. The van der Waals surface area contributed by atoms with Crippen LogP contribution in [0, 0.1) is 19.7 Å². The van der Waals surface area contributed by atoms with E-state index in [1.807, 2.05) is 31.6 Å². The normalized spacial score (nSPS) is 11.4. The molecule has 3 rings (SSSR count). The maximum absolute atomic E-state index is 13.0. The monoisotopic (exact) mass is 410 g/mol. The molecule has 0 atom stereocenters. The van der Waals surface area contributed by atoms with Crippen LogP contribution in [-0.4, -0.2) is 27.3 Å². The second-order valence-corrected chi connectivity index (χ2v) is 6.88. The number of ether oxygens (including phenoxy) is 1. The van der Waals surface area contributed by atoms with Gasteiger partial charge < -0.3 is 15.4 Å². The van der Waals surface area contributed by atoms with Crippen LogP contribution >= 0.6 is 0 Å². The summed E-state index contributed by atoms with van der Waals surface area (Å²) in [4.78, 5) is 8.94. The smallest absolute Gasteiger partial charge is 0.219 e. The fraction of sp³-hybridized carbons (Fsp3) is 0.318. The van der Waals surface area contributed by atoms with Gasteiger partial charge in [0.1, 0.15) is 11.6 Å². The molecule has 0 aliphatic rings. The Labute approximate surface area is 176 Å². The number of nitrogens with zero attached hydrogens (tertiary/aromatic N) is 4. The summed E-state index contributed by atoms with van der Waals surface area (Å²) in [6, 6.07) is 9.51. The maximum Gasteiger partial charge on any atom is 0.219 e. The van der Waals surface area contributed by atoms with E-state index in [1.54, 1.807) is 24.4 Å². The Morgan fingerprint density at radius 1 is 1.13 bits per heavy atom. The highest BCUT2D eigenvalue weighted by molar-refractivity contribution is 5.79. The molecule has 0 spiro atoms. The molecule has 0 saturated carbocycles. The lowest BCUT2D eigenvalue weighted by atomic mass is 10.2. The van der Waals surface area contributed by atoms with Gasteiger partial charge >= 0.3 is 0 Å². The van der Waals surface area contributed by atoms with Gasteiger partial charge in [0, 0.05) is 43.7 Å². The molecule has 2 heterocycles. The van der Waals surface area contributed by atoms with Crippen LogP contribution in [0.3, 0.4) is 0 Å². The number of rotatable bonds is 7. The van der Waals surface area contributed by atoms with Gasteiger partial charge in [-0.05, 0) is 50.6 Å². The molecule has 0 bridgehead atoms. The van der Waals surface area contributed by atoms with Gasteiger partial charge in [0.2, 0.25) is 5.88 Å². The van der Waals surface area contributed by atoms with Crippen LogP contribution in [0.15, 0.2) is 47.6 Å². The van der Waals surface area contributed by atoms with E-state index < -0.39 is 0 Å². The van der Waals surface area contributed by atoms with Crippen molar-refractivity contribution in [3.05, 3.63) is 70.9 Å². The van der Waals surface area contributed by atoms with Crippen LogP contribution in [-0.2, 0) is 20.1 Å². The molecule has 7 nitrogen and oxygen atoms in total. The molecular weight excluding hydrogens is 383 g/mol. The number of guanidine groups is 1. The summed E-state index contributed by atoms with van der Waals surface area (Å²) in [6.45, 7) is 7.99. The summed E-state index contributed by atoms with van der Waals surface area (Å²) in [5, 5.41) is 11.1. The summed E-state index contributed by atoms with van der Waals surface area (Å²) in [5.41, 5.74) is 4.27. The molecule has 8 heteroatoms. The Hall–Kier alpha value is -3.42. The average Bonchev–Trinajstić information content (AvgIpc) is 2.98. The number of benzene rings is 1. The van der Waals surface area contributed by atoms with Gasteiger partial charge in [0.05, 0.1) is 12.2 Å². The molecule has 0 aliphatic heterocycles. The van der Waals surface area contributed by atoms with Crippen molar-refractivity contribution in [2.45, 2.75) is 33.9 Å². The van der Waals surface area contributed by atoms with Crippen molar-refractivity contribution in [2.75, 3.05) is 6.54 Å². The summed E-state index contributed by atoms with van der Waals surface area (Å²) in [6.07, 6.45) is 1.72. The highest BCUT2D eigenvalue weighted by Gasteiger charge is 2.09. The minimum atomic E-state index is -0.303. The summed E-state index contributed by atoms with van der Waals surface area (Å²) in [5.74, 6) is 1.41. The molecule has 2 aromatic heterocycles. The molecule has 0 fully saturated rings. The molecule has 0 amide bonds. The molecule has 2 N–H and O–H groups in total. The lowest BCUT2D eigenvalue weighted by Crippen LogP contribution is -2.37. The van der Waals surface area contributed by atoms with Crippen LogP contribution in [0.4, 0.5) is 4.39 Å². The number of aromatic nitrogens is 3. The Kier molecular flexibility index (Phi) is 7.00. The molecule has 3 aromatic rings. The van der Waals surface area contributed by atoms with Crippen LogP contribution < -0.4 is 15.4 Å². The molecule has 1 aromatic carbocycles. The van der Waals surface area contributed by atoms with Gasteiger partial charge in [-0.3, -0.25) is 4.68 Å². The van der Waals surface area contributed by atoms with E-state index >= 15 is 0 Å². The Bertz CT molecular complexity index is 996. The number of pyridine rings is 1. The van der Waals surface area contributed by atoms with Crippen LogP contribution in [0.25, 0.3) is 0 Å². The lowest BCUT2D eigenvalue weighted by molar-refractivity contribution is 0.461. The maximum atomic E-state index is 13.0. The summed E-state index contributed by atoms with van der Waals surface area (Å²) in [7, 11) is 1.95.